The number of rotatable bonds is 5. The van der Waals surface area contributed by atoms with Crippen molar-refractivity contribution in [3.05, 3.63) is 58.1 Å². The lowest BCUT2D eigenvalue weighted by Gasteiger charge is -2.44. The Hall–Kier alpha value is -3.75. The molecule has 0 saturated carbocycles. The van der Waals surface area contributed by atoms with Crippen LogP contribution in [0.3, 0.4) is 0 Å². The van der Waals surface area contributed by atoms with Gasteiger partial charge in [0.05, 0.1) is 22.0 Å². The summed E-state index contributed by atoms with van der Waals surface area (Å²) in [4.78, 5) is 48.0. The highest BCUT2D eigenvalue weighted by atomic mass is 35.5. The molecule has 0 aliphatic carbocycles. The Bertz CT molecular complexity index is 1630. The number of piperidine rings is 2. The molecule has 3 amide bonds. The predicted molar refractivity (Wildman–Crippen MR) is 175 cm³/mol. The zero-order chi connectivity index (χ0) is 34.7. The summed E-state index contributed by atoms with van der Waals surface area (Å²) in [6, 6.07) is 10.9. The molecule has 4 fully saturated rings. The second kappa shape index (κ2) is 12.9. The van der Waals surface area contributed by atoms with Crippen molar-refractivity contribution in [3.8, 4) is 0 Å². The number of nitrogens with one attached hydrogen (secondary N) is 1. The quantitative estimate of drug-likeness (QED) is 0.421. The Morgan fingerprint density at radius 2 is 1.78 bits per heavy atom. The molecule has 11 nitrogen and oxygen atoms in total. The molecule has 4 saturated heterocycles. The molecule has 2 bridgehead atoms. The SMILES string of the molecule is CN1CC2CC1CN2C1CCN(C(=O)[C@@H](Cc2cc(Cl)c(N)c(C(F)(F)F)c2)OC(=O)N2CCC3(CC2)OC(=O)Nc2ccccc23)CC1. The highest BCUT2D eigenvalue weighted by Gasteiger charge is 2.47. The molecule has 49 heavy (non-hydrogen) atoms. The fraction of sp³-hybridized carbons (Fsp3) is 0.559. The van der Waals surface area contributed by atoms with Gasteiger partial charge >= 0.3 is 18.4 Å². The van der Waals surface area contributed by atoms with Crippen LogP contribution in [0.1, 0.15) is 48.8 Å². The predicted octanol–water partition coefficient (Wildman–Crippen LogP) is 4.92. The molecule has 5 aliphatic heterocycles. The van der Waals surface area contributed by atoms with Gasteiger partial charge in [-0.05, 0) is 50.1 Å². The monoisotopic (exact) mass is 704 g/mol. The standard InChI is InChI=1S/C34H40ClF3N6O5/c1-41-18-23-17-22(41)19-44(23)21-6-10-42(11-7-21)30(45)28(16-20-14-25(34(36,37)38)29(39)26(35)15-20)48-32(47)43-12-8-33(9-13-43)24-4-2-3-5-27(24)40-31(46)49-33/h2-5,14-15,21-23,28H,6-13,16-19,39H2,1H3,(H,40,46)/t22?,23?,28-/m1/s1. The Labute approximate surface area is 287 Å². The van der Waals surface area contributed by atoms with Crippen molar-refractivity contribution >= 4 is 41.1 Å². The fourth-order valence-corrected chi connectivity index (χ4v) is 8.60. The molecule has 3 N–H and O–H groups in total. The van der Waals surface area contributed by atoms with Gasteiger partial charge in [0.1, 0.15) is 5.60 Å². The second-order valence-corrected chi connectivity index (χ2v) is 14.3. The van der Waals surface area contributed by atoms with Crippen molar-refractivity contribution in [2.45, 2.75) is 74.5 Å². The molecule has 0 aromatic heterocycles. The van der Waals surface area contributed by atoms with E-state index in [0.717, 1.165) is 44.0 Å². The van der Waals surface area contributed by atoms with Crippen molar-refractivity contribution in [1.82, 2.24) is 19.6 Å². The molecule has 5 heterocycles. The minimum atomic E-state index is -4.77. The molecule has 0 radical (unpaired) electrons. The number of nitrogens with two attached hydrogens (primary N) is 1. The van der Waals surface area contributed by atoms with Gasteiger partial charge in [0.2, 0.25) is 0 Å². The van der Waals surface area contributed by atoms with E-state index in [2.05, 4.69) is 22.2 Å². The summed E-state index contributed by atoms with van der Waals surface area (Å²) in [5.41, 5.74) is 4.54. The Morgan fingerprint density at radius 3 is 2.43 bits per heavy atom. The molecular weight excluding hydrogens is 665 g/mol. The lowest BCUT2D eigenvalue weighted by Crippen LogP contribution is -2.55. The first-order valence-electron chi connectivity index (χ1n) is 16.8. The largest absolute Gasteiger partial charge is 0.438 e. The number of likely N-dealkylation sites (N-methyl/N-ethyl adjacent to an activating group) is 1. The van der Waals surface area contributed by atoms with Crippen molar-refractivity contribution in [3.63, 3.8) is 0 Å². The van der Waals surface area contributed by atoms with E-state index in [1.807, 2.05) is 18.2 Å². The zero-order valence-electron chi connectivity index (χ0n) is 27.2. The number of hydrogen-bond acceptors (Lipinski definition) is 8. The van der Waals surface area contributed by atoms with Crippen LogP contribution in [0.25, 0.3) is 0 Å². The number of fused-ring (bicyclic) bond motifs is 4. The van der Waals surface area contributed by atoms with E-state index in [4.69, 9.17) is 26.8 Å². The fourth-order valence-electron chi connectivity index (χ4n) is 8.36. The van der Waals surface area contributed by atoms with Gasteiger partial charge in [0.25, 0.3) is 5.91 Å². The number of nitrogen functional groups attached to an aromatic ring is 1. The summed E-state index contributed by atoms with van der Waals surface area (Å²) in [6.45, 7) is 3.29. The molecule has 2 aromatic rings. The molecular formula is C34H40ClF3N6O5. The highest BCUT2D eigenvalue weighted by molar-refractivity contribution is 6.33. The minimum Gasteiger partial charge on any atom is -0.438 e. The molecule has 3 atom stereocenters. The molecule has 1 spiro atoms. The maximum Gasteiger partial charge on any atom is 0.418 e. The molecule has 2 aromatic carbocycles. The van der Waals surface area contributed by atoms with Gasteiger partial charge in [0, 0.05) is 82.2 Å². The van der Waals surface area contributed by atoms with Crippen LogP contribution in [0.4, 0.5) is 34.1 Å². The van der Waals surface area contributed by atoms with Crippen LogP contribution in [0.2, 0.25) is 5.02 Å². The summed E-state index contributed by atoms with van der Waals surface area (Å²) < 4.78 is 53.0. The minimum absolute atomic E-state index is 0.0700. The van der Waals surface area contributed by atoms with E-state index in [-0.39, 0.29) is 30.1 Å². The number of amides is 3. The molecule has 15 heteroatoms. The molecule has 5 aliphatic rings. The summed E-state index contributed by atoms with van der Waals surface area (Å²) >= 11 is 6.11. The summed E-state index contributed by atoms with van der Waals surface area (Å²) in [5.74, 6) is -0.467. The third kappa shape index (κ3) is 6.50. The van der Waals surface area contributed by atoms with Gasteiger partial charge in [-0.2, -0.15) is 13.2 Å². The number of halogens is 4. The first kappa shape index (κ1) is 33.7. The van der Waals surface area contributed by atoms with Crippen LogP contribution in [-0.4, -0.2) is 108 Å². The number of carbonyl (C=O) groups is 3. The number of ether oxygens (including phenoxy) is 2. The number of nitrogens with zero attached hydrogens (tertiary/aromatic N) is 4. The van der Waals surface area contributed by atoms with Gasteiger partial charge in [-0.3, -0.25) is 15.0 Å². The van der Waals surface area contributed by atoms with Crippen molar-refractivity contribution in [2.75, 3.05) is 57.4 Å². The van der Waals surface area contributed by atoms with Crippen LogP contribution < -0.4 is 11.1 Å². The average Bonchev–Trinajstić information content (AvgIpc) is 3.65. The highest BCUT2D eigenvalue weighted by Crippen LogP contribution is 2.44. The van der Waals surface area contributed by atoms with E-state index in [1.54, 1.807) is 11.0 Å². The third-order valence-electron chi connectivity index (χ3n) is 11.0. The van der Waals surface area contributed by atoms with Gasteiger partial charge in [-0.1, -0.05) is 29.8 Å². The number of alkyl halides is 3. The van der Waals surface area contributed by atoms with Crippen LogP contribution in [-0.2, 0) is 32.5 Å². The van der Waals surface area contributed by atoms with Crippen molar-refractivity contribution < 1.29 is 37.0 Å². The molecule has 7 rings (SSSR count). The van der Waals surface area contributed by atoms with E-state index < -0.39 is 47.2 Å². The topological polar surface area (TPSA) is 121 Å². The van der Waals surface area contributed by atoms with Gasteiger partial charge in [0.15, 0.2) is 6.10 Å². The number of carbonyl (C=O) groups excluding carboxylic acids is 3. The number of anilines is 2. The van der Waals surface area contributed by atoms with E-state index in [0.29, 0.717) is 49.7 Å². The smallest absolute Gasteiger partial charge is 0.418 e. The number of para-hydroxylation sites is 1. The first-order chi connectivity index (χ1) is 23.3. The number of benzene rings is 2. The molecule has 264 valence electrons. The maximum absolute atomic E-state index is 14.0. The second-order valence-electron chi connectivity index (χ2n) is 13.9. The van der Waals surface area contributed by atoms with E-state index in [1.165, 1.54) is 11.0 Å². The van der Waals surface area contributed by atoms with E-state index in [9.17, 15) is 27.6 Å². The van der Waals surface area contributed by atoms with Gasteiger partial charge in [-0.25, -0.2) is 9.59 Å². The van der Waals surface area contributed by atoms with E-state index >= 15 is 0 Å². The molecule has 2 unspecified atom stereocenters. The number of piperazine rings is 1. The Balaban J connectivity index is 1.06. The normalized spacial score (nSPS) is 24.8. The average molecular weight is 705 g/mol. The first-order valence-corrected chi connectivity index (χ1v) is 17.1. The van der Waals surface area contributed by atoms with Gasteiger partial charge < -0.3 is 29.9 Å². The Kier molecular flexibility index (Phi) is 8.85. The summed E-state index contributed by atoms with van der Waals surface area (Å²) in [5, 5.41) is 2.41. The Morgan fingerprint density at radius 1 is 1.06 bits per heavy atom. The van der Waals surface area contributed by atoms with Gasteiger partial charge in [-0.15, -0.1) is 0 Å². The van der Waals surface area contributed by atoms with Crippen LogP contribution in [0, 0.1) is 0 Å². The third-order valence-corrected chi connectivity index (χ3v) is 11.3. The van der Waals surface area contributed by atoms with Crippen molar-refractivity contribution in [1.29, 1.82) is 0 Å². The summed E-state index contributed by atoms with van der Waals surface area (Å²) in [7, 11) is 2.15. The lowest BCUT2D eigenvalue weighted by molar-refractivity contribution is -0.143. The zero-order valence-corrected chi connectivity index (χ0v) is 27.9. The number of likely N-dealkylation sites (tertiary alicyclic amines) is 4. The van der Waals surface area contributed by atoms with Crippen molar-refractivity contribution in [2.24, 2.45) is 0 Å². The summed E-state index contributed by atoms with van der Waals surface area (Å²) in [6.07, 6.45) is -4.55. The van der Waals surface area contributed by atoms with Crippen LogP contribution in [0.15, 0.2) is 36.4 Å². The lowest BCUT2D eigenvalue weighted by atomic mass is 9.82. The van der Waals surface area contributed by atoms with Crippen LogP contribution >= 0.6 is 11.6 Å². The van der Waals surface area contributed by atoms with Crippen LogP contribution in [0.5, 0.6) is 0 Å². The number of hydrogen-bond donors (Lipinski definition) is 2. The maximum atomic E-state index is 14.0.